The molecule has 0 heterocycles. The smallest absolute Gasteiger partial charge is 0.242 e. The molecule has 2 aromatic rings. The number of hydrogen-bond acceptors (Lipinski definition) is 2. The second-order valence-electron chi connectivity index (χ2n) is 6.91. The minimum atomic E-state index is -0.510. The van der Waals surface area contributed by atoms with Crippen molar-refractivity contribution in [3.8, 4) is 0 Å². The van der Waals surface area contributed by atoms with Gasteiger partial charge in [0, 0.05) is 20.0 Å². The van der Waals surface area contributed by atoms with Crippen molar-refractivity contribution >= 4 is 11.8 Å². The van der Waals surface area contributed by atoms with Gasteiger partial charge in [-0.25, -0.2) is 0 Å². The molecule has 1 N–H and O–H groups in total. The van der Waals surface area contributed by atoms with Gasteiger partial charge in [0.15, 0.2) is 0 Å². The van der Waals surface area contributed by atoms with Crippen molar-refractivity contribution in [2.75, 3.05) is 7.05 Å². The van der Waals surface area contributed by atoms with Gasteiger partial charge in [-0.1, -0.05) is 55.5 Å². The van der Waals surface area contributed by atoms with Crippen LogP contribution in [0.25, 0.3) is 0 Å². The minimum Gasteiger partial charge on any atom is -0.357 e. The number of nitrogens with one attached hydrogen (secondary N) is 1. The van der Waals surface area contributed by atoms with Gasteiger partial charge in [0.2, 0.25) is 11.8 Å². The van der Waals surface area contributed by atoms with E-state index >= 15 is 0 Å². The van der Waals surface area contributed by atoms with E-state index in [-0.39, 0.29) is 11.8 Å². The highest BCUT2D eigenvalue weighted by atomic mass is 16.2. The Kier molecular flexibility index (Phi) is 7.59. The molecule has 4 heteroatoms. The third-order valence-corrected chi connectivity index (χ3v) is 5.07. The molecule has 0 fully saturated rings. The highest BCUT2D eigenvalue weighted by Crippen LogP contribution is 2.16. The van der Waals surface area contributed by atoms with Crippen LogP contribution in [0.2, 0.25) is 0 Å². The Morgan fingerprint density at radius 1 is 1.04 bits per heavy atom. The third-order valence-electron chi connectivity index (χ3n) is 5.07. The zero-order chi connectivity index (χ0) is 19.8. The highest BCUT2D eigenvalue weighted by molar-refractivity contribution is 5.87. The summed E-state index contributed by atoms with van der Waals surface area (Å²) in [6.07, 6.45) is 2.07. The van der Waals surface area contributed by atoms with E-state index in [1.807, 2.05) is 31.2 Å². The SMILES string of the molecule is CCc1ccc(CCC(=O)N(Cc2ccccc2C)[C@H](C)C(=O)NC)cc1. The van der Waals surface area contributed by atoms with E-state index in [0.29, 0.717) is 19.4 Å². The van der Waals surface area contributed by atoms with Gasteiger partial charge < -0.3 is 10.2 Å². The maximum Gasteiger partial charge on any atom is 0.242 e. The molecule has 2 amide bonds. The average Bonchev–Trinajstić information content (AvgIpc) is 2.70. The molecule has 0 radical (unpaired) electrons. The van der Waals surface area contributed by atoms with Crippen LogP contribution >= 0.6 is 0 Å². The van der Waals surface area contributed by atoms with Gasteiger partial charge in [-0.05, 0) is 48.9 Å². The van der Waals surface area contributed by atoms with Gasteiger partial charge in [0.1, 0.15) is 6.04 Å². The van der Waals surface area contributed by atoms with E-state index < -0.39 is 6.04 Å². The molecule has 4 nitrogen and oxygen atoms in total. The van der Waals surface area contributed by atoms with Crippen molar-refractivity contribution in [3.63, 3.8) is 0 Å². The quantitative estimate of drug-likeness (QED) is 0.775. The van der Waals surface area contributed by atoms with Crippen molar-refractivity contribution in [2.45, 2.75) is 52.6 Å². The minimum absolute atomic E-state index is 0.00563. The number of aryl methyl sites for hydroxylation is 3. The van der Waals surface area contributed by atoms with Crippen LogP contribution in [0.4, 0.5) is 0 Å². The maximum atomic E-state index is 13.0. The second-order valence-corrected chi connectivity index (χ2v) is 6.91. The zero-order valence-corrected chi connectivity index (χ0v) is 16.8. The maximum absolute atomic E-state index is 13.0. The molecule has 144 valence electrons. The van der Waals surface area contributed by atoms with Crippen molar-refractivity contribution in [1.82, 2.24) is 10.2 Å². The topological polar surface area (TPSA) is 49.4 Å². The number of amides is 2. The van der Waals surface area contributed by atoms with Crippen LogP contribution in [0.15, 0.2) is 48.5 Å². The lowest BCUT2D eigenvalue weighted by atomic mass is 10.0. The molecule has 2 aromatic carbocycles. The fourth-order valence-corrected chi connectivity index (χ4v) is 3.10. The third kappa shape index (κ3) is 5.68. The van der Waals surface area contributed by atoms with Crippen LogP contribution in [0.5, 0.6) is 0 Å². The molecule has 0 aliphatic heterocycles. The largest absolute Gasteiger partial charge is 0.357 e. The Labute approximate surface area is 162 Å². The van der Waals surface area contributed by atoms with Crippen LogP contribution in [0.3, 0.4) is 0 Å². The Morgan fingerprint density at radius 3 is 2.26 bits per heavy atom. The van der Waals surface area contributed by atoms with E-state index in [9.17, 15) is 9.59 Å². The van der Waals surface area contributed by atoms with E-state index in [1.54, 1.807) is 18.9 Å². The molecular formula is C23H30N2O2. The van der Waals surface area contributed by atoms with Gasteiger partial charge >= 0.3 is 0 Å². The summed E-state index contributed by atoms with van der Waals surface area (Å²) < 4.78 is 0. The number of likely N-dealkylation sites (N-methyl/N-ethyl adjacent to an activating group) is 1. The molecular weight excluding hydrogens is 336 g/mol. The lowest BCUT2D eigenvalue weighted by Gasteiger charge is -2.29. The van der Waals surface area contributed by atoms with Crippen LogP contribution in [0, 0.1) is 6.92 Å². The van der Waals surface area contributed by atoms with Crippen molar-refractivity contribution in [3.05, 3.63) is 70.8 Å². The molecule has 0 saturated carbocycles. The summed E-state index contributed by atoms with van der Waals surface area (Å²) >= 11 is 0. The van der Waals surface area contributed by atoms with Crippen LogP contribution in [0.1, 0.15) is 42.5 Å². The van der Waals surface area contributed by atoms with Crippen LogP contribution in [-0.4, -0.2) is 29.8 Å². The molecule has 0 spiro atoms. The number of carbonyl (C=O) groups is 2. The molecule has 1 atom stereocenters. The summed E-state index contributed by atoms with van der Waals surface area (Å²) in [6.45, 7) is 6.37. The molecule has 27 heavy (non-hydrogen) atoms. The molecule has 0 aromatic heterocycles. The van der Waals surface area contributed by atoms with Gasteiger partial charge in [0.05, 0.1) is 0 Å². The lowest BCUT2D eigenvalue weighted by Crippen LogP contribution is -2.46. The molecule has 0 aliphatic rings. The van der Waals surface area contributed by atoms with Crippen LogP contribution in [-0.2, 0) is 29.0 Å². The fourth-order valence-electron chi connectivity index (χ4n) is 3.10. The Hall–Kier alpha value is -2.62. The summed E-state index contributed by atoms with van der Waals surface area (Å²) in [5.41, 5.74) is 4.62. The average molecular weight is 367 g/mol. The predicted octanol–water partition coefficient (Wildman–Crippen LogP) is 3.65. The van der Waals surface area contributed by atoms with Gasteiger partial charge in [-0.3, -0.25) is 9.59 Å². The van der Waals surface area contributed by atoms with Crippen molar-refractivity contribution in [2.24, 2.45) is 0 Å². The monoisotopic (exact) mass is 366 g/mol. The Balaban J connectivity index is 2.12. The normalized spacial score (nSPS) is 11.7. The zero-order valence-electron chi connectivity index (χ0n) is 16.8. The first-order valence-electron chi connectivity index (χ1n) is 9.59. The van der Waals surface area contributed by atoms with Crippen molar-refractivity contribution < 1.29 is 9.59 Å². The number of rotatable bonds is 8. The van der Waals surface area contributed by atoms with E-state index in [1.165, 1.54) is 5.56 Å². The van der Waals surface area contributed by atoms with Crippen LogP contribution < -0.4 is 5.32 Å². The number of hydrogen-bond donors (Lipinski definition) is 1. The fraction of sp³-hybridized carbons (Fsp3) is 0.391. The van der Waals surface area contributed by atoms with E-state index in [2.05, 4.69) is 36.5 Å². The summed E-state index contributed by atoms with van der Waals surface area (Å²) in [4.78, 5) is 26.8. The van der Waals surface area contributed by atoms with E-state index in [4.69, 9.17) is 0 Å². The van der Waals surface area contributed by atoms with Gasteiger partial charge in [0.25, 0.3) is 0 Å². The molecule has 2 rings (SSSR count). The first kappa shape index (κ1) is 20.7. The molecule has 0 aliphatic carbocycles. The standard InChI is InChI=1S/C23H30N2O2/c1-5-19-10-12-20(13-11-19)14-15-22(26)25(18(3)23(27)24-4)16-21-9-7-6-8-17(21)2/h6-13,18H,5,14-16H2,1-4H3,(H,24,27)/t18-/m1/s1. The first-order chi connectivity index (χ1) is 13.0. The Morgan fingerprint density at radius 2 is 1.67 bits per heavy atom. The highest BCUT2D eigenvalue weighted by Gasteiger charge is 2.25. The Bertz CT molecular complexity index is 768. The van der Waals surface area contributed by atoms with E-state index in [0.717, 1.165) is 23.1 Å². The number of benzene rings is 2. The summed E-state index contributed by atoms with van der Waals surface area (Å²) in [6, 6.07) is 15.9. The summed E-state index contributed by atoms with van der Waals surface area (Å²) in [5, 5.41) is 2.65. The van der Waals surface area contributed by atoms with Crippen molar-refractivity contribution in [1.29, 1.82) is 0 Å². The van der Waals surface area contributed by atoms with Gasteiger partial charge in [-0.15, -0.1) is 0 Å². The molecule has 0 bridgehead atoms. The lowest BCUT2D eigenvalue weighted by molar-refractivity contribution is -0.140. The number of nitrogens with zero attached hydrogens (tertiary/aromatic N) is 1. The molecule has 0 unspecified atom stereocenters. The number of carbonyl (C=O) groups excluding carboxylic acids is 2. The first-order valence-corrected chi connectivity index (χ1v) is 9.59. The second kappa shape index (κ2) is 9.91. The van der Waals surface area contributed by atoms with Gasteiger partial charge in [-0.2, -0.15) is 0 Å². The predicted molar refractivity (Wildman–Crippen MR) is 109 cm³/mol. The summed E-state index contributed by atoms with van der Waals surface area (Å²) in [5.74, 6) is -0.154. The molecule has 0 saturated heterocycles. The summed E-state index contributed by atoms with van der Waals surface area (Å²) in [7, 11) is 1.60.